The van der Waals surface area contributed by atoms with Crippen LogP contribution in [0.1, 0.15) is 23.0 Å². The Bertz CT molecular complexity index is 1300. The number of anilines is 1. The summed E-state index contributed by atoms with van der Waals surface area (Å²) in [6.07, 6.45) is 1.22. The van der Waals surface area contributed by atoms with Gasteiger partial charge in [0.05, 0.1) is 30.3 Å². The Morgan fingerprint density at radius 2 is 1.91 bits per heavy atom. The Kier molecular flexibility index (Phi) is 7.41. The number of methoxy groups -OCH3 is 1. The third kappa shape index (κ3) is 5.46. The van der Waals surface area contributed by atoms with E-state index >= 15 is 0 Å². The van der Waals surface area contributed by atoms with Crippen LogP contribution >= 0.6 is 0 Å². The lowest BCUT2D eigenvalue weighted by Gasteiger charge is -2.07. The molecule has 0 radical (unpaired) electrons. The number of amides is 1. The van der Waals surface area contributed by atoms with Crippen LogP contribution in [0.5, 0.6) is 5.75 Å². The number of nitrogens with one attached hydrogen (secondary N) is 1. The Labute approximate surface area is 194 Å². The number of carbonyl (C=O) groups is 2. The lowest BCUT2D eigenvalue weighted by atomic mass is 10.1. The predicted molar refractivity (Wildman–Crippen MR) is 122 cm³/mol. The molecular weight excluding hydrogens is 442 g/mol. The summed E-state index contributed by atoms with van der Waals surface area (Å²) < 4.78 is 15.6. The highest BCUT2D eigenvalue weighted by Crippen LogP contribution is 2.29. The molecule has 1 aromatic heterocycles. The van der Waals surface area contributed by atoms with Gasteiger partial charge in [-0.15, -0.1) is 0 Å². The molecule has 10 nitrogen and oxygen atoms in total. The number of carbonyl (C=O) groups excluding carboxylic acids is 2. The Hall–Kier alpha value is -4.91. The fraction of sp³-hybridized carbons (Fsp3) is 0.125. The lowest BCUT2D eigenvalue weighted by molar-refractivity contribution is -0.384. The van der Waals surface area contributed by atoms with Gasteiger partial charge in [0.1, 0.15) is 34.6 Å². The molecule has 0 saturated heterocycles. The molecule has 0 bridgehead atoms. The first-order chi connectivity index (χ1) is 16.4. The second kappa shape index (κ2) is 10.6. The average molecular weight is 461 g/mol. The summed E-state index contributed by atoms with van der Waals surface area (Å²) in [6.45, 7) is 1.99. The van der Waals surface area contributed by atoms with Crippen molar-refractivity contribution >= 4 is 29.3 Å². The summed E-state index contributed by atoms with van der Waals surface area (Å²) >= 11 is 0. The van der Waals surface area contributed by atoms with Gasteiger partial charge < -0.3 is 19.2 Å². The number of benzene rings is 2. The fourth-order valence-electron chi connectivity index (χ4n) is 2.95. The summed E-state index contributed by atoms with van der Waals surface area (Å²) in [6, 6.07) is 15.5. The molecule has 0 aliphatic carbocycles. The zero-order valence-corrected chi connectivity index (χ0v) is 18.2. The molecule has 0 fully saturated rings. The van der Waals surface area contributed by atoms with Crippen molar-refractivity contribution in [3.05, 3.63) is 81.6 Å². The van der Waals surface area contributed by atoms with Gasteiger partial charge in [0.2, 0.25) is 0 Å². The molecule has 0 unspecified atom stereocenters. The van der Waals surface area contributed by atoms with Crippen LogP contribution in [0.4, 0.5) is 11.4 Å². The third-order valence-corrected chi connectivity index (χ3v) is 4.61. The van der Waals surface area contributed by atoms with E-state index in [1.54, 1.807) is 49.4 Å². The van der Waals surface area contributed by atoms with Crippen molar-refractivity contribution in [2.75, 3.05) is 19.0 Å². The zero-order valence-electron chi connectivity index (χ0n) is 18.2. The maximum atomic E-state index is 12.6. The first kappa shape index (κ1) is 23.7. The molecule has 10 heteroatoms. The van der Waals surface area contributed by atoms with Crippen LogP contribution in [0.25, 0.3) is 17.4 Å². The van der Waals surface area contributed by atoms with Crippen molar-refractivity contribution in [2.24, 2.45) is 0 Å². The van der Waals surface area contributed by atoms with Gasteiger partial charge >= 0.3 is 5.97 Å². The topological polar surface area (TPSA) is 145 Å². The van der Waals surface area contributed by atoms with Crippen molar-refractivity contribution in [2.45, 2.75) is 6.92 Å². The van der Waals surface area contributed by atoms with E-state index in [2.05, 4.69) is 5.32 Å². The number of hydrogen-bond acceptors (Lipinski definition) is 8. The summed E-state index contributed by atoms with van der Waals surface area (Å²) in [5.41, 5.74) is 0.289. The Balaban J connectivity index is 1.79. The summed E-state index contributed by atoms with van der Waals surface area (Å²) in [4.78, 5) is 35.0. The van der Waals surface area contributed by atoms with E-state index in [4.69, 9.17) is 13.9 Å². The normalized spacial score (nSPS) is 10.8. The fourth-order valence-corrected chi connectivity index (χ4v) is 2.95. The van der Waals surface area contributed by atoms with Crippen molar-refractivity contribution < 1.29 is 28.4 Å². The van der Waals surface area contributed by atoms with Crippen LogP contribution in [0, 0.1) is 21.4 Å². The lowest BCUT2D eigenvalue weighted by Crippen LogP contribution is -2.14. The molecule has 0 saturated carbocycles. The summed E-state index contributed by atoms with van der Waals surface area (Å²) in [7, 11) is 1.36. The second-order valence-corrected chi connectivity index (χ2v) is 6.76. The van der Waals surface area contributed by atoms with Crippen molar-refractivity contribution in [1.29, 1.82) is 5.26 Å². The number of hydrogen-bond donors (Lipinski definition) is 1. The average Bonchev–Trinajstić information content (AvgIpc) is 3.31. The van der Waals surface area contributed by atoms with E-state index in [-0.39, 0.29) is 35.1 Å². The monoisotopic (exact) mass is 461 g/mol. The zero-order chi connectivity index (χ0) is 24.7. The number of nitrogens with zero attached hydrogens (tertiary/aromatic N) is 2. The van der Waals surface area contributed by atoms with Crippen molar-refractivity contribution in [1.82, 2.24) is 0 Å². The van der Waals surface area contributed by atoms with Crippen LogP contribution in [0.3, 0.4) is 0 Å². The highest BCUT2D eigenvalue weighted by molar-refractivity contribution is 6.10. The first-order valence-corrected chi connectivity index (χ1v) is 9.99. The van der Waals surface area contributed by atoms with E-state index < -0.39 is 16.8 Å². The second-order valence-electron chi connectivity index (χ2n) is 6.76. The van der Waals surface area contributed by atoms with E-state index in [9.17, 15) is 25.0 Å². The Morgan fingerprint density at radius 3 is 2.53 bits per heavy atom. The smallest absolute Gasteiger partial charge is 0.338 e. The standard InChI is InChI=1S/C24H19N3O7/c1-3-33-24(29)16-6-4-15(5-7-16)22-11-9-19(34-22)12-17(14-25)23(28)26-20-10-8-18(32-2)13-21(20)27(30)31/h4-13H,3H2,1-2H3,(H,26,28)/b17-12+. The quantitative estimate of drug-likeness (QED) is 0.169. The van der Waals surface area contributed by atoms with E-state index in [1.807, 2.05) is 0 Å². The number of nitro benzene ring substituents is 1. The maximum absolute atomic E-state index is 12.6. The minimum Gasteiger partial charge on any atom is -0.496 e. The first-order valence-electron chi connectivity index (χ1n) is 9.99. The van der Waals surface area contributed by atoms with Gasteiger partial charge in [0, 0.05) is 11.6 Å². The molecule has 1 amide bonds. The molecule has 2 aromatic carbocycles. The number of rotatable bonds is 8. The van der Waals surface area contributed by atoms with Gasteiger partial charge in [0.15, 0.2) is 0 Å². The highest BCUT2D eigenvalue weighted by Gasteiger charge is 2.19. The Morgan fingerprint density at radius 1 is 1.18 bits per heavy atom. The minimum absolute atomic E-state index is 0.0845. The van der Waals surface area contributed by atoms with Gasteiger partial charge in [-0.05, 0) is 43.3 Å². The predicted octanol–water partition coefficient (Wildman–Crippen LogP) is 4.59. The van der Waals surface area contributed by atoms with Gasteiger partial charge in [-0.1, -0.05) is 12.1 Å². The van der Waals surface area contributed by atoms with Crippen LogP contribution in [-0.4, -0.2) is 30.5 Å². The van der Waals surface area contributed by atoms with E-state index in [1.165, 1.54) is 25.3 Å². The largest absolute Gasteiger partial charge is 0.496 e. The van der Waals surface area contributed by atoms with Crippen LogP contribution in [0.15, 0.2) is 64.6 Å². The SMILES string of the molecule is CCOC(=O)c1ccc(-c2ccc(/C=C(\C#N)C(=O)Nc3ccc(OC)cc3[N+](=O)[O-])o2)cc1. The van der Waals surface area contributed by atoms with Gasteiger partial charge in [-0.3, -0.25) is 14.9 Å². The maximum Gasteiger partial charge on any atom is 0.338 e. The number of esters is 1. The molecule has 0 aliphatic heterocycles. The molecular formula is C24H19N3O7. The summed E-state index contributed by atoms with van der Waals surface area (Å²) in [5.74, 6) is -0.351. The van der Waals surface area contributed by atoms with Gasteiger partial charge in [-0.25, -0.2) is 4.79 Å². The molecule has 0 atom stereocenters. The van der Waals surface area contributed by atoms with Crippen LogP contribution in [0.2, 0.25) is 0 Å². The molecule has 172 valence electrons. The van der Waals surface area contributed by atoms with E-state index in [0.29, 0.717) is 16.9 Å². The molecule has 34 heavy (non-hydrogen) atoms. The van der Waals surface area contributed by atoms with Crippen molar-refractivity contribution in [3.63, 3.8) is 0 Å². The third-order valence-electron chi connectivity index (χ3n) is 4.61. The van der Waals surface area contributed by atoms with Crippen molar-refractivity contribution in [3.8, 4) is 23.1 Å². The molecule has 3 aromatic rings. The highest BCUT2D eigenvalue weighted by atomic mass is 16.6. The number of nitriles is 1. The van der Waals surface area contributed by atoms with Gasteiger partial charge in [0.25, 0.3) is 11.6 Å². The van der Waals surface area contributed by atoms with Crippen LogP contribution < -0.4 is 10.1 Å². The number of nitro groups is 1. The molecule has 0 aliphatic rings. The number of ether oxygens (including phenoxy) is 2. The van der Waals surface area contributed by atoms with Crippen LogP contribution in [-0.2, 0) is 9.53 Å². The van der Waals surface area contributed by atoms with E-state index in [0.717, 1.165) is 6.07 Å². The molecule has 3 rings (SSSR count). The van der Waals surface area contributed by atoms with Gasteiger partial charge in [-0.2, -0.15) is 5.26 Å². The minimum atomic E-state index is -0.840. The molecule has 0 spiro atoms. The molecule has 1 N–H and O–H groups in total. The number of furan rings is 1. The molecule has 1 heterocycles. The summed E-state index contributed by atoms with van der Waals surface area (Å²) in [5, 5.41) is 23.1.